The first kappa shape index (κ1) is 20.0. The normalized spacial score (nSPS) is 24.4. The van der Waals surface area contributed by atoms with Crippen LogP contribution < -0.4 is 10.6 Å². The Morgan fingerprint density at radius 3 is 2.50 bits per heavy atom. The molecule has 4 nitrogen and oxygen atoms in total. The van der Waals surface area contributed by atoms with Crippen LogP contribution in [0, 0.1) is 5.92 Å². The van der Waals surface area contributed by atoms with Crippen molar-refractivity contribution in [3.05, 3.63) is 0 Å². The van der Waals surface area contributed by atoms with Crippen molar-refractivity contribution in [1.29, 1.82) is 0 Å². The fraction of sp³-hybridized carbons (Fsp3) is 0.929. The maximum Gasteiger partial charge on any atom is 0.224 e. The number of rotatable bonds is 4. The molecule has 2 saturated heterocycles. The first-order valence-electron chi connectivity index (χ1n) is 7.53. The number of hydrogen-bond acceptors (Lipinski definition) is 3. The number of carbonyl (C=O) groups excluding carboxylic acids is 1. The lowest BCUT2D eigenvalue weighted by atomic mass is 9.97. The standard InChI is InChI=1S/C14H27N3O.2ClH/c1-2-8-17-9-5-13(6-10-17)16-14(18)12-4-3-7-15-11-12;;/h12-13,15H,2-11H2,1H3,(H,16,18);2*1H/t12-;;/m1../s1. The number of nitrogens with one attached hydrogen (secondary N) is 2. The Morgan fingerprint density at radius 1 is 1.25 bits per heavy atom. The molecule has 2 fully saturated rings. The van der Waals surface area contributed by atoms with E-state index in [1.165, 1.54) is 13.0 Å². The van der Waals surface area contributed by atoms with Gasteiger partial charge in [0.05, 0.1) is 5.92 Å². The van der Waals surface area contributed by atoms with Gasteiger partial charge in [-0.3, -0.25) is 4.79 Å². The summed E-state index contributed by atoms with van der Waals surface area (Å²) in [6.07, 6.45) is 5.64. The lowest BCUT2D eigenvalue weighted by Gasteiger charge is -2.33. The second kappa shape index (κ2) is 10.7. The first-order valence-corrected chi connectivity index (χ1v) is 7.53. The van der Waals surface area contributed by atoms with Crippen LogP contribution in [-0.2, 0) is 4.79 Å². The van der Waals surface area contributed by atoms with Crippen LogP contribution in [0.2, 0.25) is 0 Å². The average molecular weight is 326 g/mol. The quantitative estimate of drug-likeness (QED) is 0.828. The molecule has 0 aromatic heterocycles. The Kier molecular flexibility index (Phi) is 10.6. The molecule has 0 aromatic rings. The van der Waals surface area contributed by atoms with E-state index in [1.807, 2.05) is 0 Å². The van der Waals surface area contributed by atoms with E-state index in [0.29, 0.717) is 6.04 Å². The largest absolute Gasteiger partial charge is 0.353 e. The van der Waals surface area contributed by atoms with E-state index in [9.17, 15) is 4.79 Å². The van der Waals surface area contributed by atoms with Crippen LogP contribution in [0.3, 0.4) is 0 Å². The molecule has 0 saturated carbocycles. The summed E-state index contributed by atoms with van der Waals surface area (Å²) >= 11 is 0. The number of hydrogen-bond donors (Lipinski definition) is 2. The predicted octanol–water partition coefficient (Wildman–Crippen LogP) is 1.82. The van der Waals surface area contributed by atoms with Crippen molar-refractivity contribution in [3.63, 3.8) is 0 Å². The lowest BCUT2D eigenvalue weighted by molar-refractivity contribution is -0.126. The van der Waals surface area contributed by atoms with Gasteiger partial charge in [0.15, 0.2) is 0 Å². The van der Waals surface area contributed by atoms with Gasteiger partial charge in [-0.1, -0.05) is 6.92 Å². The molecule has 20 heavy (non-hydrogen) atoms. The van der Waals surface area contributed by atoms with Crippen molar-refractivity contribution in [1.82, 2.24) is 15.5 Å². The third kappa shape index (κ3) is 6.17. The summed E-state index contributed by atoms with van der Waals surface area (Å²) in [5, 5.41) is 6.55. The minimum absolute atomic E-state index is 0. The van der Waals surface area contributed by atoms with E-state index < -0.39 is 0 Å². The third-order valence-electron chi connectivity index (χ3n) is 4.14. The third-order valence-corrected chi connectivity index (χ3v) is 4.14. The number of nitrogens with zero attached hydrogens (tertiary/aromatic N) is 1. The Bertz CT molecular complexity index is 265. The summed E-state index contributed by atoms with van der Waals surface area (Å²) in [4.78, 5) is 14.6. The van der Waals surface area contributed by atoms with Gasteiger partial charge in [0.1, 0.15) is 0 Å². The maximum absolute atomic E-state index is 12.1. The molecule has 0 aromatic carbocycles. The number of likely N-dealkylation sites (tertiary alicyclic amines) is 1. The number of amides is 1. The minimum atomic E-state index is 0. The van der Waals surface area contributed by atoms with E-state index in [1.54, 1.807) is 0 Å². The Morgan fingerprint density at radius 2 is 1.95 bits per heavy atom. The van der Waals surface area contributed by atoms with Crippen LogP contribution in [0.15, 0.2) is 0 Å². The smallest absolute Gasteiger partial charge is 0.224 e. The van der Waals surface area contributed by atoms with Crippen LogP contribution in [0.4, 0.5) is 0 Å². The summed E-state index contributed by atoms with van der Waals surface area (Å²) in [5.74, 6) is 0.476. The highest BCUT2D eigenvalue weighted by Gasteiger charge is 2.25. The SMILES string of the molecule is CCCN1CCC(NC(=O)[C@@H]2CCCNC2)CC1.Cl.Cl. The predicted molar refractivity (Wildman–Crippen MR) is 88.0 cm³/mol. The highest BCUT2D eigenvalue weighted by atomic mass is 35.5. The topological polar surface area (TPSA) is 44.4 Å². The van der Waals surface area contributed by atoms with Gasteiger partial charge >= 0.3 is 0 Å². The molecular weight excluding hydrogens is 297 g/mol. The Labute approximate surface area is 135 Å². The highest BCUT2D eigenvalue weighted by molar-refractivity contribution is 5.85. The maximum atomic E-state index is 12.1. The van der Waals surface area contributed by atoms with Gasteiger partial charge in [0.2, 0.25) is 5.91 Å². The second-order valence-electron chi connectivity index (χ2n) is 5.67. The van der Waals surface area contributed by atoms with Crippen molar-refractivity contribution >= 4 is 30.7 Å². The molecule has 0 bridgehead atoms. The number of carbonyl (C=O) groups is 1. The fourth-order valence-corrected chi connectivity index (χ4v) is 3.01. The molecule has 1 atom stereocenters. The molecular formula is C14H29Cl2N3O. The zero-order valence-corrected chi connectivity index (χ0v) is 14.0. The lowest BCUT2D eigenvalue weighted by Crippen LogP contribution is -2.48. The molecule has 120 valence electrons. The Hall–Kier alpha value is -0.0300. The van der Waals surface area contributed by atoms with Gasteiger partial charge in [0.25, 0.3) is 0 Å². The van der Waals surface area contributed by atoms with Gasteiger partial charge < -0.3 is 15.5 Å². The second-order valence-corrected chi connectivity index (χ2v) is 5.67. The van der Waals surface area contributed by atoms with Gasteiger partial charge in [-0.2, -0.15) is 0 Å². The fourth-order valence-electron chi connectivity index (χ4n) is 3.01. The molecule has 2 aliphatic heterocycles. The van der Waals surface area contributed by atoms with Gasteiger partial charge in [-0.25, -0.2) is 0 Å². The molecule has 0 unspecified atom stereocenters. The van der Waals surface area contributed by atoms with E-state index in [-0.39, 0.29) is 36.6 Å². The van der Waals surface area contributed by atoms with Crippen LogP contribution in [0.5, 0.6) is 0 Å². The van der Waals surface area contributed by atoms with Crippen molar-refractivity contribution in [2.24, 2.45) is 5.92 Å². The van der Waals surface area contributed by atoms with E-state index in [0.717, 1.165) is 51.9 Å². The van der Waals surface area contributed by atoms with Gasteiger partial charge in [0, 0.05) is 25.7 Å². The van der Waals surface area contributed by atoms with Crippen molar-refractivity contribution < 1.29 is 4.79 Å². The molecule has 0 aliphatic carbocycles. The minimum Gasteiger partial charge on any atom is -0.353 e. The van der Waals surface area contributed by atoms with Crippen molar-refractivity contribution in [2.45, 2.75) is 45.1 Å². The molecule has 2 rings (SSSR count). The summed E-state index contributed by atoms with van der Waals surface area (Å²) in [7, 11) is 0. The van der Waals surface area contributed by atoms with Crippen molar-refractivity contribution in [2.75, 3.05) is 32.7 Å². The van der Waals surface area contributed by atoms with Gasteiger partial charge in [-0.05, 0) is 45.2 Å². The molecule has 0 spiro atoms. The summed E-state index contributed by atoms with van der Waals surface area (Å²) in [6.45, 7) is 7.64. The average Bonchev–Trinajstić information content (AvgIpc) is 2.42. The van der Waals surface area contributed by atoms with Crippen LogP contribution in [-0.4, -0.2) is 49.6 Å². The van der Waals surface area contributed by atoms with Crippen LogP contribution in [0.1, 0.15) is 39.0 Å². The van der Waals surface area contributed by atoms with Gasteiger partial charge in [-0.15, -0.1) is 24.8 Å². The zero-order chi connectivity index (χ0) is 12.8. The zero-order valence-electron chi connectivity index (χ0n) is 12.4. The first-order chi connectivity index (χ1) is 8.79. The molecule has 2 heterocycles. The van der Waals surface area contributed by atoms with E-state index in [4.69, 9.17) is 0 Å². The van der Waals surface area contributed by atoms with E-state index >= 15 is 0 Å². The summed E-state index contributed by atoms with van der Waals surface area (Å²) in [6, 6.07) is 0.410. The monoisotopic (exact) mass is 325 g/mol. The molecule has 6 heteroatoms. The summed E-state index contributed by atoms with van der Waals surface area (Å²) < 4.78 is 0. The number of piperidine rings is 2. The molecule has 2 N–H and O–H groups in total. The van der Waals surface area contributed by atoms with E-state index in [2.05, 4.69) is 22.5 Å². The molecule has 2 aliphatic rings. The highest BCUT2D eigenvalue weighted by Crippen LogP contribution is 2.14. The van der Waals surface area contributed by atoms with Crippen LogP contribution >= 0.6 is 24.8 Å². The molecule has 0 radical (unpaired) electrons. The Balaban J connectivity index is 0.00000180. The molecule has 1 amide bonds. The summed E-state index contributed by atoms with van der Waals surface area (Å²) in [5.41, 5.74) is 0. The van der Waals surface area contributed by atoms with Crippen molar-refractivity contribution in [3.8, 4) is 0 Å². The number of halogens is 2. The van der Waals surface area contributed by atoms with Crippen LogP contribution in [0.25, 0.3) is 0 Å².